The maximum Gasteiger partial charge on any atom is 0.335 e. The molecule has 0 unspecified atom stereocenters. The minimum absolute atomic E-state index is 0.198. The Hall–Kier alpha value is -4.76. The molecule has 0 saturated carbocycles. The summed E-state index contributed by atoms with van der Waals surface area (Å²) >= 11 is 3.44. The summed E-state index contributed by atoms with van der Waals surface area (Å²) in [5.74, 6) is -0.775. The summed E-state index contributed by atoms with van der Waals surface area (Å²) in [6, 6.07) is 26.3. The largest absolute Gasteiger partial charge is 0.489 e. The number of carbonyl (C=O) groups is 3. The van der Waals surface area contributed by atoms with E-state index in [1.165, 1.54) is 18.2 Å². The first-order valence-corrected chi connectivity index (χ1v) is 13.0. The number of urea groups is 1. The van der Waals surface area contributed by atoms with Crippen LogP contribution in [0.25, 0.3) is 6.08 Å². The van der Waals surface area contributed by atoms with Crippen LogP contribution in [0, 0.1) is 5.82 Å². The first-order valence-electron chi connectivity index (χ1n) is 12.2. The van der Waals surface area contributed by atoms with Gasteiger partial charge in [-0.15, -0.1) is 0 Å². The van der Waals surface area contributed by atoms with Gasteiger partial charge >= 0.3 is 6.03 Å². The van der Waals surface area contributed by atoms with Crippen LogP contribution in [0.2, 0.25) is 0 Å². The Morgan fingerprint density at radius 2 is 1.48 bits per heavy atom. The number of halogens is 2. The van der Waals surface area contributed by atoms with Crippen molar-refractivity contribution in [1.82, 2.24) is 5.32 Å². The van der Waals surface area contributed by atoms with Gasteiger partial charge in [-0.3, -0.25) is 14.9 Å². The fourth-order valence-electron chi connectivity index (χ4n) is 3.96. The Kier molecular flexibility index (Phi) is 8.02. The summed E-state index contributed by atoms with van der Waals surface area (Å²) in [4.78, 5) is 39.3. The Balaban J connectivity index is 1.29. The van der Waals surface area contributed by atoms with E-state index in [2.05, 4.69) is 21.2 Å². The molecule has 200 valence electrons. The van der Waals surface area contributed by atoms with Crippen LogP contribution in [0.4, 0.5) is 14.9 Å². The van der Waals surface area contributed by atoms with Crippen LogP contribution in [0.1, 0.15) is 16.7 Å². The Morgan fingerprint density at radius 3 is 2.17 bits per heavy atom. The summed E-state index contributed by atoms with van der Waals surface area (Å²) in [5.41, 5.74) is 2.43. The van der Waals surface area contributed by atoms with E-state index in [1.54, 1.807) is 54.6 Å². The monoisotopic (exact) mass is 600 g/mol. The van der Waals surface area contributed by atoms with E-state index in [0.29, 0.717) is 33.8 Å². The third-order valence-corrected chi connectivity index (χ3v) is 6.64. The van der Waals surface area contributed by atoms with Gasteiger partial charge in [0.05, 0.1) is 10.2 Å². The lowest BCUT2D eigenvalue weighted by atomic mass is 10.1. The molecule has 0 atom stereocenters. The van der Waals surface area contributed by atoms with Gasteiger partial charge in [0.15, 0.2) is 0 Å². The minimum atomic E-state index is -0.837. The van der Waals surface area contributed by atoms with Crippen LogP contribution in [-0.4, -0.2) is 17.8 Å². The van der Waals surface area contributed by atoms with Gasteiger partial charge in [0.25, 0.3) is 11.8 Å². The predicted octanol–water partition coefficient (Wildman–Crippen LogP) is 6.41. The number of benzene rings is 4. The van der Waals surface area contributed by atoms with E-state index in [1.807, 2.05) is 30.3 Å². The molecule has 1 saturated heterocycles. The summed E-state index contributed by atoms with van der Waals surface area (Å²) in [6.45, 7) is 0.601. The Morgan fingerprint density at radius 1 is 0.800 bits per heavy atom. The summed E-state index contributed by atoms with van der Waals surface area (Å²) in [6.07, 6.45) is 1.41. The van der Waals surface area contributed by atoms with Gasteiger partial charge in [-0.25, -0.2) is 14.1 Å². The molecular formula is C31H22BrFN2O5. The molecule has 1 aliphatic heterocycles. The number of rotatable bonds is 8. The van der Waals surface area contributed by atoms with E-state index in [9.17, 15) is 18.8 Å². The lowest BCUT2D eigenvalue weighted by molar-refractivity contribution is -0.122. The topological polar surface area (TPSA) is 84.9 Å². The molecule has 1 N–H and O–H groups in total. The lowest BCUT2D eigenvalue weighted by Crippen LogP contribution is -2.54. The number of hydrogen-bond acceptors (Lipinski definition) is 5. The number of ether oxygens (including phenoxy) is 2. The summed E-state index contributed by atoms with van der Waals surface area (Å²) < 4.78 is 25.3. The summed E-state index contributed by atoms with van der Waals surface area (Å²) in [7, 11) is 0. The molecule has 0 aromatic heterocycles. The SMILES string of the molecule is O=C1NC(=O)N(c2ccc(OCc3ccccc3)cc2)C(=O)/C1=C/c1ccc(OCc2ccc(F)cc2)c(Br)c1. The van der Waals surface area contributed by atoms with Crippen molar-refractivity contribution in [2.75, 3.05) is 4.90 Å². The smallest absolute Gasteiger partial charge is 0.335 e. The molecule has 0 radical (unpaired) electrons. The van der Waals surface area contributed by atoms with Crippen LogP contribution >= 0.6 is 15.9 Å². The molecule has 7 nitrogen and oxygen atoms in total. The third-order valence-electron chi connectivity index (χ3n) is 6.02. The van der Waals surface area contributed by atoms with E-state index in [0.717, 1.165) is 16.0 Å². The van der Waals surface area contributed by atoms with Crippen molar-refractivity contribution in [3.05, 3.63) is 130 Å². The number of anilines is 1. The highest BCUT2D eigenvalue weighted by Crippen LogP contribution is 2.29. The molecule has 4 aromatic rings. The van der Waals surface area contributed by atoms with Crippen LogP contribution in [-0.2, 0) is 22.8 Å². The van der Waals surface area contributed by atoms with Gasteiger partial charge in [0, 0.05) is 0 Å². The molecule has 1 fully saturated rings. The van der Waals surface area contributed by atoms with Gasteiger partial charge in [0.2, 0.25) is 0 Å². The van der Waals surface area contributed by atoms with Crippen molar-refractivity contribution in [1.29, 1.82) is 0 Å². The second-order valence-electron chi connectivity index (χ2n) is 8.83. The second-order valence-corrected chi connectivity index (χ2v) is 9.69. The Labute approximate surface area is 238 Å². The van der Waals surface area contributed by atoms with Crippen LogP contribution in [0.3, 0.4) is 0 Å². The molecule has 40 heavy (non-hydrogen) atoms. The molecule has 4 amide bonds. The highest BCUT2D eigenvalue weighted by atomic mass is 79.9. The number of imide groups is 2. The van der Waals surface area contributed by atoms with Crippen molar-refractivity contribution in [2.45, 2.75) is 13.2 Å². The molecule has 4 aromatic carbocycles. The second kappa shape index (κ2) is 12.0. The van der Waals surface area contributed by atoms with Crippen molar-refractivity contribution in [2.24, 2.45) is 0 Å². The number of carbonyl (C=O) groups excluding carboxylic acids is 3. The highest BCUT2D eigenvalue weighted by molar-refractivity contribution is 9.10. The summed E-state index contributed by atoms with van der Waals surface area (Å²) in [5, 5.41) is 2.22. The lowest BCUT2D eigenvalue weighted by Gasteiger charge is -2.26. The van der Waals surface area contributed by atoms with Crippen molar-refractivity contribution in [3.8, 4) is 11.5 Å². The molecule has 0 aliphatic carbocycles. The van der Waals surface area contributed by atoms with E-state index in [4.69, 9.17) is 9.47 Å². The first-order chi connectivity index (χ1) is 19.4. The molecule has 9 heteroatoms. The van der Waals surface area contributed by atoms with E-state index >= 15 is 0 Å². The van der Waals surface area contributed by atoms with Gasteiger partial charge < -0.3 is 9.47 Å². The quantitative estimate of drug-likeness (QED) is 0.186. The zero-order valence-electron chi connectivity index (χ0n) is 21.0. The normalized spacial score (nSPS) is 14.3. The molecule has 1 heterocycles. The zero-order chi connectivity index (χ0) is 28.1. The third kappa shape index (κ3) is 6.27. The highest BCUT2D eigenvalue weighted by Gasteiger charge is 2.36. The average Bonchev–Trinajstić information content (AvgIpc) is 2.96. The number of barbiturate groups is 1. The fraction of sp³-hybridized carbons (Fsp3) is 0.0645. The van der Waals surface area contributed by atoms with Gasteiger partial charge in [-0.2, -0.15) is 0 Å². The predicted molar refractivity (Wildman–Crippen MR) is 151 cm³/mol. The van der Waals surface area contributed by atoms with Crippen molar-refractivity contribution >= 4 is 45.5 Å². The standard InChI is InChI=1S/C31H22BrFN2O5/c32-27-17-22(8-15-28(27)40-19-21-6-9-23(33)10-7-21)16-26-29(36)34-31(38)35(30(26)37)24-11-13-25(14-12-24)39-18-20-4-2-1-3-5-20/h1-17H,18-19H2,(H,34,36,38)/b26-16+. The fourth-order valence-corrected chi connectivity index (χ4v) is 4.47. The van der Waals surface area contributed by atoms with Crippen LogP contribution < -0.4 is 19.7 Å². The average molecular weight is 601 g/mol. The number of hydrogen-bond donors (Lipinski definition) is 1. The Bertz CT molecular complexity index is 1590. The number of nitrogens with one attached hydrogen (secondary N) is 1. The number of nitrogens with zero attached hydrogens (tertiary/aromatic N) is 1. The molecule has 5 rings (SSSR count). The van der Waals surface area contributed by atoms with E-state index in [-0.39, 0.29) is 18.0 Å². The molecular weight excluding hydrogens is 579 g/mol. The van der Waals surface area contributed by atoms with Gasteiger partial charge in [-0.05, 0) is 87.2 Å². The van der Waals surface area contributed by atoms with Crippen molar-refractivity contribution < 1.29 is 28.2 Å². The zero-order valence-corrected chi connectivity index (χ0v) is 22.6. The van der Waals surface area contributed by atoms with Crippen molar-refractivity contribution in [3.63, 3.8) is 0 Å². The van der Waals surface area contributed by atoms with Crippen LogP contribution in [0.15, 0.2) is 107 Å². The maximum atomic E-state index is 13.3. The minimum Gasteiger partial charge on any atom is -0.489 e. The van der Waals surface area contributed by atoms with Gasteiger partial charge in [0.1, 0.15) is 36.1 Å². The van der Waals surface area contributed by atoms with Gasteiger partial charge in [-0.1, -0.05) is 48.5 Å². The van der Waals surface area contributed by atoms with E-state index < -0.39 is 17.8 Å². The first kappa shape index (κ1) is 26.8. The maximum absolute atomic E-state index is 13.3. The number of amides is 4. The molecule has 0 spiro atoms. The van der Waals surface area contributed by atoms with Crippen LogP contribution in [0.5, 0.6) is 11.5 Å². The molecule has 1 aliphatic rings. The molecule has 0 bridgehead atoms.